The number of nitrogens with one attached hydrogen (secondary N) is 1. The molecule has 616 valence electrons. The van der Waals surface area contributed by atoms with Gasteiger partial charge in [-0.25, -0.2) is 0 Å². The number of halogens is 1. The van der Waals surface area contributed by atoms with Crippen LogP contribution in [-0.4, -0.2) is 18.2 Å². The summed E-state index contributed by atoms with van der Waals surface area (Å²) in [7, 11) is 0. The molecule has 1 aromatic rings. The number of H-pyrrole nitrogens is 1. The van der Waals surface area contributed by atoms with Gasteiger partial charge in [-0.15, -0.1) is 0 Å². The van der Waals surface area contributed by atoms with Crippen molar-refractivity contribution >= 4 is 11.6 Å². The van der Waals surface area contributed by atoms with Crippen molar-refractivity contribution < 1.29 is 14.2 Å². The first-order valence-corrected chi connectivity index (χ1v) is 43.7. The Balaban J connectivity index is 0.000000199. The molecule has 4 heterocycles. The molecule has 3 aliphatic heterocycles. The zero-order chi connectivity index (χ0) is 83.5. The lowest BCUT2D eigenvalue weighted by Crippen LogP contribution is -2.17. The largest absolute Gasteiger partial charge is 0.493 e. The second-order valence-corrected chi connectivity index (χ2v) is 49.1. The molecule has 0 spiro atoms. The van der Waals surface area contributed by atoms with Crippen LogP contribution in [0.3, 0.4) is 0 Å². The number of rotatable bonds is 0. The van der Waals surface area contributed by atoms with Crippen molar-refractivity contribution in [2.75, 3.05) is 13.2 Å². The fourth-order valence-corrected chi connectivity index (χ4v) is 18.3. The van der Waals surface area contributed by atoms with Gasteiger partial charge < -0.3 is 19.2 Å². The van der Waals surface area contributed by atoms with Gasteiger partial charge in [0, 0.05) is 44.8 Å². The van der Waals surface area contributed by atoms with Crippen molar-refractivity contribution in [1.29, 1.82) is 0 Å². The molecule has 1 aromatic heterocycles. The standard InChI is InChI=1S/C17H28.C16H26O.C16H26.C15H24O.C14H23NO.C13H21Cl.C13H22/c1-16(2,3)14-11-15(17(4,5)6)13-10-8-7-9-12(13)14;1-15(2,3)12-10-13(16(4,5)6)14-11(12)8-7-9-17-14;1-15(2,3)13-10-14(16(4,5)6)12-9-7-8-11(12)13;1-14(2,3)11-9-12(15(4,5)6)13-10(11)7-8-16-13;1-13(2,3)11-9-7-16-8-10(9)12(15-11)14(4,5)6;1-12(2,3)9-7-10(11(14)8-9)13(4,5)6;1-12(2,3)10-7-8-11(9-10)13(4,5)6/h7-11H2,1-6H3;7-10H2,1-6H3;7-10H2,1-6H3;7-9H2,1-6H3;15H,7-8H2,1-6H3;8H,7H2,1-6H3;7-8H,9H2,1-6H3. The van der Waals surface area contributed by atoms with E-state index in [1.165, 1.54) is 145 Å². The maximum atomic E-state index is 6.27. The molecule has 12 rings (SSSR count). The van der Waals surface area contributed by atoms with Gasteiger partial charge in [-0.1, -0.05) is 365 Å². The van der Waals surface area contributed by atoms with E-state index in [1.54, 1.807) is 66.9 Å². The van der Waals surface area contributed by atoms with Crippen molar-refractivity contribution in [2.24, 2.45) is 65.0 Å². The topological polar surface area (TPSA) is 43.5 Å². The highest BCUT2D eigenvalue weighted by Gasteiger charge is 2.43. The minimum atomic E-state index is 0.168. The third-order valence-electron chi connectivity index (χ3n) is 24.9. The number of hydrogen-bond donors (Lipinski definition) is 1. The third kappa shape index (κ3) is 23.9. The van der Waals surface area contributed by atoms with Gasteiger partial charge in [-0.3, -0.25) is 0 Å². The summed E-state index contributed by atoms with van der Waals surface area (Å²) in [6.45, 7) is 100. The van der Waals surface area contributed by atoms with E-state index in [9.17, 15) is 0 Å². The average molecular weight is 1520 g/mol. The van der Waals surface area contributed by atoms with E-state index in [1.807, 2.05) is 0 Å². The van der Waals surface area contributed by atoms with Gasteiger partial charge in [0.25, 0.3) is 0 Å². The Labute approximate surface area is 679 Å². The molecule has 0 atom stereocenters. The van der Waals surface area contributed by atoms with Crippen LogP contribution in [0.15, 0.2) is 135 Å². The molecule has 4 fully saturated rings. The zero-order valence-corrected chi connectivity index (χ0v) is 80.2. The first-order valence-electron chi connectivity index (χ1n) is 43.3. The molecule has 0 radical (unpaired) electrons. The molecule has 11 aliphatic rings. The van der Waals surface area contributed by atoms with Crippen molar-refractivity contribution in [1.82, 2.24) is 4.98 Å². The molecule has 1 N–H and O–H groups in total. The number of allylic oxidation sites excluding steroid dienone is 22. The molecule has 2 saturated carbocycles. The van der Waals surface area contributed by atoms with Gasteiger partial charge in [-0.05, 0) is 218 Å². The Kier molecular flexibility index (Phi) is 28.7. The fourth-order valence-electron chi connectivity index (χ4n) is 17.9. The number of ether oxygens (including phenoxy) is 3. The number of fused-ring (bicyclic) bond motifs is 5. The Morgan fingerprint density at radius 2 is 0.532 bits per heavy atom. The van der Waals surface area contributed by atoms with E-state index < -0.39 is 0 Å². The van der Waals surface area contributed by atoms with E-state index >= 15 is 0 Å². The highest BCUT2D eigenvalue weighted by atomic mass is 35.5. The minimum absolute atomic E-state index is 0.168. The van der Waals surface area contributed by atoms with Crippen LogP contribution in [-0.2, 0) is 38.3 Å². The predicted molar refractivity (Wildman–Crippen MR) is 479 cm³/mol. The van der Waals surface area contributed by atoms with Gasteiger partial charge in [0.1, 0.15) is 11.5 Å². The molecule has 4 nitrogen and oxygen atoms in total. The minimum Gasteiger partial charge on any atom is -0.493 e. The predicted octanol–water partition coefficient (Wildman–Crippen LogP) is 33.1. The van der Waals surface area contributed by atoms with Gasteiger partial charge in [0.2, 0.25) is 0 Å². The molecule has 109 heavy (non-hydrogen) atoms. The van der Waals surface area contributed by atoms with Crippen molar-refractivity contribution in [2.45, 2.75) is 418 Å². The van der Waals surface area contributed by atoms with E-state index in [0.29, 0.717) is 32.5 Å². The molecule has 0 amide bonds. The van der Waals surface area contributed by atoms with Crippen LogP contribution in [0.4, 0.5) is 0 Å². The van der Waals surface area contributed by atoms with Crippen molar-refractivity contribution in [3.8, 4) is 0 Å². The van der Waals surface area contributed by atoms with Gasteiger partial charge >= 0.3 is 0 Å². The van der Waals surface area contributed by atoms with Crippen LogP contribution in [0.25, 0.3) is 0 Å². The van der Waals surface area contributed by atoms with Gasteiger partial charge in [-0.2, -0.15) is 0 Å². The quantitative estimate of drug-likeness (QED) is 0.282. The maximum Gasteiger partial charge on any atom is 0.122 e. The average Bonchev–Trinajstić information content (AvgIpc) is 1.61. The highest BCUT2D eigenvalue weighted by Crippen LogP contribution is 2.57. The summed E-state index contributed by atoms with van der Waals surface area (Å²) in [5.74, 6) is 2.48. The fraction of sp³-hybridized carbons (Fsp3) is 0.731. The Morgan fingerprint density at radius 3 is 0.807 bits per heavy atom. The number of aromatic nitrogens is 1. The van der Waals surface area contributed by atoms with Crippen LogP contribution >= 0.6 is 11.6 Å². The highest BCUT2D eigenvalue weighted by molar-refractivity contribution is 6.32. The normalized spacial score (nSPS) is 20.4. The molecule has 5 heteroatoms. The van der Waals surface area contributed by atoms with E-state index in [4.69, 9.17) is 25.8 Å². The summed E-state index contributed by atoms with van der Waals surface area (Å²) in [5.41, 5.74) is 38.5. The molecular weight excluding hydrogens is 1350 g/mol. The van der Waals surface area contributed by atoms with Crippen LogP contribution in [0, 0.1) is 65.0 Å². The van der Waals surface area contributed by atoms with Crippen LogP contribution in [0.1, 0.15) is 416 Å². The lowest BCUT2D eigenvalue weighted by atomic mass is 9.78. The van der Waals surface area contributed by atoms with E-state index in [0.717, 1.165) is 57.1 Å². The Hall–Kier alpha value is -3.99. The van der Waals surface area contributed by atoms with Gasteiger partial charge in [0.15, 0.2) is 0 Å². The monoisotopic (exact) mass is 1520 g/mol. The number of hydrogen-bond acceptors (Lipinski definition) is 3. The molecule has 0 unspecified atom stereocenters. The van der Waals surface area contributed by atoms with E-state index in [2.05, 4.69) is 314 Å². The lowest BCUT2D eigenvalue weighted by molar-refractivity contribution is 0.132. The molecular formula is C104H170ClNO3. The summed E-state index contributed by atoms with van der Waals surface area (Å²) in [6.07, 6.45) is 26.7. The summed E-state index contributed by atoms with van der Waals surface area (Å²) in [6, 6.07) is 0. The summed E-state index contributed by atoms with van der Waals surface area (Å²) >= 11 is 6.27. The molecule has 0 bridgehead atoms. The first kappa shape index (κ1) is 93.9. The zero-order valence-electron chi connectivity index (χ0n) is 79.5. The maximum absolute atomic E-state index is 6.27. The third-order valence-corrected chi connectivity index (χ3v) is 25.2. The smallest absolute Gasteiger partial charge is 0.122 e. The lowest BCUT2D eigenvalue weighted by Gasteiger charge is -2.26. The second-order valence-electron chi connectivity index (χ2n) is 48.7. The van der Waals surface area contributed by atoms with Crippen LogP contribution in [0.5, 0.6) is 0 Å². The first-order chi connectivity index (χ1) is 48.9. The Bertz CT molecular complexity index is 3510. The molecule has 8 aliphatic carbocycles. The summed E-state index contributed by atoms with van der Waals surface area (Å²) in [4.78, 5) is 3.65. The van der Waals surface area contributed by atoms with E-state index in [-0.39, 0.29) is 43.3 Å². The SMILES string of the molecule is CC(C)(C)C1=C2CCCC2=C(C(C)(C)C)C1.CC(C)(C)C1=C2CCCCC2=C(C(C)(C)C)C1.CC(C)(C)C1=C2CCCOC2=C(C(C)(C)C)C1.CC(C)(C)C1=C2CCOC2=C(C(C)(C)C)C1.CC(C)(C)C1=CC(Cl)=C(C(C)(C)C)C1.CC(C)(C)C1=CC=C(C(C)(C)C)C1.CC(C)(C)c1[nH]c(C(C)(C)C)c2c1COC2. The molecule has 2 saturated heterocycles. The van der Waals surface area contributed by atoms with Crippen molar-refractivity contribution in [3.63, 3.8) is 0 Å². The summed E-state index contributed by atoms with van der Waals surface area (Å²) < 4.78 is 17.5. The Morgan fingerprint density at radius 1 is 0.257 bits per heavy atom. The van der Waals surface area contributed by atoms with Crippen molar-refractivity contribution in [3.05, 3.63) is 158 Å². The number of aromatic amines is 1. The van der Waals surface area contributed by atoms with Gasteiger partial charge in [0.05, 0.1) is 26.4 Å². The molecule has 0 aromatic carbocycles. The van der Waals surface area contributed by atoms with Crippen LogP contribution in [0.2, 0.25) is 0 Å². The summed E-state index contributed by atoms with van der Waals surface area (Å²) in [5, 5.41) is 0.961. The second kappa shape index (κ2) is 33.3. The van der Waals surface area contributed by atoms with Crippen LogP contribution < -0.4 is 0 Å².